The van der Waals surface area contributed by atoms with Gasteiger partial charge in [0.15, 0.2) is 0 Å². The lowest BCUT2D eigenvalue weighted by atomic mass is 9.85. The number of hydrogen-bond acceptors (Lipinski definition) is 2. The highest BCUT2D eigenvalue weighted by Crippen LogP contribution is 2.27. The molecule has 2 nitrogen and oxygen atoms in total. The van der Waals surface area contributed by atoms with Gasteiger partial charge in [-0.25, -0.2) is 0 Å². The molecule has 2 heteroatoms. The third kappa shape index (κ3) is 7.39. The Labute approximate surface area is 200 Å². The van der Waals surface area contributed by atoms with Crippen molar-refractivity contribution in [1.82, 2.24) is 9.97 Å². The van der Waals surface area contributed by atoms with Crippen LogP contribution in [0.25, 0.3) is 22.3 Å². The number of hydrogen-bond donors (Lipinski definition) is 0. The molecule has 172 valence electrons. The Kier molecular flexibility index (Phi) is 8.70. The van der Waals surface area contributed by atoms with E-state index in [9.17, 15) is 0 Å². The summed E-state index contributed by atoms with van der Waals surface area (Å²) in [5, 5.41) is 0. The Bertz CT molecular complexity index is 1100. The Morgan fingerprint density at radius 3 is 1.42 bits per heavy atom. The minimum absolute atomic E-state index is 0. The molecule has 4 aromatic rings. The van der Waals surface area contributed by atoms with Crippen molar-refractivity contribution in [1.29, 1.82) is 0 Å². The first-order valence-electron chi connectivity index (χ1n) is 11.2. The molecule has 0 saturated heterocycles. The lowest BCUT2D eigenvalue weighted by Gasteiger charge is -2.19. The van der Waals surface area contributed by atoms with Gasteiger partial charge in [-0.1, -0.05) is 110 Å². The largest absolute Gasteiger partial charge is 0.264 e. The van der Waals surface area contributed by atoms with Crippen molar-refractivity contribution in [2.75, 3.05) is 0 Å². The first-order valence-corrected chi connectivity index (χ1v) is 11.2. The van der Waals surface area contributed by atoms with Gasteiger partial charge < -0.3 is 0 Å². The summed E-state index contributed by atoms with van der Waals surface area (Å²) in [5.41, 5.74) is 7.93. The maximum absolute atomic E-state index is 4.15. The zero-order valence-electron chi connectivity index (χ0n) is 20.1. The van der Waals surface area contributed by atoms with E-state index in [4.69, 9.17) is 0 Å². The monoisotopic (exact) mass is 438 g/mol. The van der Waals surface area contributed by atoms with E-state index in [0.29, 0.717) is 0 Å². The summed E-state index contributed by atoms with van der Waals surface area (Å²) in [7, 11) is 0. The molecule has 0 spiro atoms. The Balaban J connectivity index is 0.000000227. The van der Waals surface area contributed by atoms with Crippen molar-refractivity contribution in [3.8, 4) is 22.3 Å². The van der Waals surface area contributed by atoms with Crippen LogP contribution in [0.5, 0.6) is 0 Å². The zero-order chi connectivity index (χ0) is 23.2. The number of benzene rings is 2. The molecular formula is C31H38N2. The van der Waals surface area contributed by atoms with Crippen molar-refractivity contribution in [3.05, 3.63) is 109 Å². The fourth-order valence-electron chi connectivity index (χ4n) is 3.39. The standard InChI is InChI=1S/2C15H17N.CH4/c1-15(2,3)14-8-4-6-12(10-14)13-7-5-9-16-11-13;1-15(2,3)14-8-6-12(7-9-14)13-5-4-10-16-11-13;/h2*4-11H,1-3H3;1H4. The Morgan fingerprint density at radius 1 is 0.485 bits per heavy atom. The average molecular weight is 439 g/mol. The Morgan fingerprint density at radius 2 is 0.970 bits per heavy atom. The first kappa shape index (κ1) is 26.0. The molecule has 0 N–H and O–H groups in total. The summed E-state index contributed by atoms with van der Waals surface area (Å²) in [4.78, 5) is 8.29. The van der Waals surface area contributed by atoms with Gasteiger partial charge >= 0.3 is 0 Å². The summed E-state index contributed by atoms with van der Waals surface area (Å²) in [6, 6.07) is 25.5. The van der Waals surface area contributed by atoms with Crippen LogP contribution in [0, 0.1) is 0 Å². The molecule has 0 aliphatic carbocycles. The molecule has 0 unspecified atom stereocenters. The van der Waals surface area contributed by atoms with Crippen molar-refractivity contribution < 1.29 is 0 Å². The molecule has 0 saturated carbocycles. The lowest BCUT2D eigenvalue weighted by molar-refractivity contribution is 0.590. The quantitative estimate of drug-likeness (QED) is 0.313. The number of aromatic nitrogens is 2. The van der Waals surface area contributed by atoms with E-state index >= 15 is 0 Å². The zero-order valence-corrected chi connectivity index (χ0v) is 20.1. The summed E-state index contributed by atoms with van der Waals surface area (Å²) >= 11 is 0. The molecular weight excluding hydrogens is 400 g/mol. The highest BCUT2D eigenvalue weighted by molar-refractivity contribution is 5.64. The van der Waals surface area contributed by atoms with Gasteiger partial charge in [0, 0.05) is 24.8 Å². The van der Waals surface area contributed by atoms with Crippen LogP contribution in [0.4, 0.5) is 0 Å². The van der Waals surface area contributed by atoms with E-state index in [2.05, 4.69) is 112 Å². The smallest absolute Gasteiger partial charge is 0.0346 e. The van der Waals surface area contributed by atoms with E-state index in [0.717, 1.165) is 0 Å². The first-order chi connectivity index (χ1) is 15.1. The number of rotatable bonds is 2. The van der Waals surface area contributed by atoms with Crippen molar-refractivity contribution in [2.24, 2.45) is 0 Å². The SMILES string of the molecule is C.CC(C)(C)c1ccc(-c2cccnc2)cc1.CC(C)(C)c1cccc(-c2cccnc2)c1. The minimum Gasteiger partial charge on any atom is -0.264 e. The molecule has 0 aliphatic heterocycles. The Hall–Kier alpha value is -3.26. The summed E-state index contributed by atoms with van der Waals surface area (Å²) < 4.78 is 0. The van der Waals surface area contributed by atoms with Gasteiger partial charge in [0.1, 0.15) is 0 Å². The minimum atomic E-state index is 0. The van der Waals surface area contributed by atoms with Crippen molar-refractivity contribution in [2.45, 2.75) is 59.8 Å². The molecule has 0 fully saturated rings. The molecule has 0 radical (unpaired) electrons. The van der Waals surface area contributed by atoms with Crippen molar-refractivity contribution in [3.63, 3.8) is 0 Å². The number of pyridine rings is 2. The summed E-state index contributed by atoms with van der Waals surface area (Å²) in [5.74, 6) is 0. The van der Waals surface area contributed by atoms with Crippen LogP contribution >= 0.6 is 0 Å². The van der Waals surface area contributed by atoms with Gasteiger partial charge in [-0.2, -0.15) is 0 Å². The second kappa shape index (κ2) is 11.0. The summed E-state index contributed by atoms with van der Waals surface area (Å²) in [6.45, 7) is 13.4. The van der Waals surface area contributed by atoms with E-state index < -0.39 is 0 Å². The molecule has 2 aromatic carbocycles. The average Bonchev–Trinajstić information content (AvgIpc) is 2.80. The maximum atomic E-state index is 4.15. The molecule has 0 aliphatic rings. The number of nitrogens with zero attached hydrogens (tertiary/aromatic N) is 2. The van der Waals surface area contributed by atoms with E-state index in [1.807, 2.05) is 24.5 Å². The van der Waals surface area contributed by atoms with E-state index in [1.54, 1.807) is 12.4 Å². The van der Waals surface area contributed by atoms with Gasteiger partial charge in [-0.05, 0) is 56.3 Å². The van der Waals surface area contributed by atoms with Crippen LogP contribution in [-0.4, -0.2) is 9.97 Å². The highest BCUT2D eigenvalue weighted by Gasteiger charge is 2.14. The fraction of sp³-hybridized carbons (Fsp3) is 0.290. The molecule has 0 bridgehead atoms. The molecule has 33 heavy (non-hydrogen) atoms. The fourth-order valence-corrected chi connectivity index (χ4v) is 3.39. The molecule has 0 atom stereocenters. The topological polar surface area (TPSA) is 25.8 Å². The van der Waals surface area contributed by atoms with Gasteiger partial charge in [0.2, 0.25) is 0 Å². The van der Waals surface area contributed by atoms with Crippen LogP contribution in [0.15, 0.2) is 97.6 Å². The molecule has 2 heterocycles. The van der Waals surface area contributed by atoms with Gasteiger partial charge in [-0.3, -0.25) is 9.97 Å². The predicted molar refractivity (Wildman–Crippen MR) is 143 cm³/mol. The molecule has 4 rings (SSSR count). The maximum Gasteiger partial charge on any atom is 0.0346 e. The lowest BCUT2D eigenvalue weighted by Crippen LogP contribution is -2.10. The van der Waals surface area contributed by atoms with Crippen LogP contribution in [-0.2, 0) is 10.8 Å². The normalized spacial score (nSPS) is 11.1. The summed E-state index contributed by atoms with van der Waals surface area (Å²) in [6.07, 6.45) is 7.40. The van der Waals surface area contributed by atoms with Gasteiger partial charge in [0.25, 0.3) is 0 Å². The second-order valence-corrected chi connectivity index (χ2v) is 10.1. The van der Waals surface area contributed by atoms with Gasteiger partial charge in [-0.15, -0.1) is 0 Å². The van der Waals surface area contributed by atoms with E-state index in [1.165, 1.54) is 33.4 Å². The van der Waals surface area contributed by atoms with E-state index in [-0.39, 0.29) is 18.3 Å². The third-order valence-corrected chi connectivity index (χ3v) is 5.47. The molecule has 0 amide bonds. The third-order valence-electron chi connectivity index (χ3n) is 5.47. The highest BCUT2D eigenvalue weighted by atomic mass is 14.6. The van der Waals surface area contributed by atoms with Crippen LogP contribution in [0.1, 0.15) is 60.1 Å². The van der Waals surface area contributed by atoms with Crippen LogP contribution < -0.4 is 0 Å². The predicted octanol–water partition coefficient (Wildman–Crippen LogP) is 8.73. The van der Waals surface area contributed by atoms with Gasteiger partial charge in [0.05, 0.1) is 0 Å². The van der Waals surface area contributed by atoms with Crippen molar-refractivity contribution >= 4 is 0 Å². The second-order valence-electron chi connectivity index (χ2n) is 10.1. The van der Waals surface area contributed by atoms with Crippen LogP contribution in [0.2, 0.25) is 0 Å². The van der Waals surface area contributed by atoms with Crippen LogP contribution in [0.3, 0.4) is 0 Å². The molecule has 2 aromatic heterocycles.